The summed E-state index contributed by atoms with van der Waals surface area (Å²) in [6.45, 7) is -0.0593. The number of carbonyl (C=O) groups is 1. The molecule has 40 heavy (non-hydrogen) atoms. The summed E-state index contributed by atoms with van der Waals surface area (Å²) in [6.07, 6.45) is -4.90. The molecule has 214 valence electrons. The fourth-order valence-electron chi connectivity index (χ4n) is 3.86. The second kappa shape index (κ2) is 13.3. The van der Waals surface area contributed by atoms with E-state index in [1.165, 1.54) is 0 Å². The molecule has 14 nitrogen and oxygen atoms in total. The first kappa shape index (κ1) is 29.5. The highest BCUT2D eigenvalue weighted by atomic mass is 31.2. The zero-order valence-corrected chi connectivity index (χ0v) is 22.0. The Morgan fingerprint density at radius 1 is 1.00 bits per heavy atom. The zero-order chi connectivity index (χ0) is 28.7. The summed E-state index contributed by atoms with van der Waals surface area (Å²) in [5, 5.41) is 30.3. The van der Waals surface area contributed by atoms with Crippen LogP contribution in [0.3, 0.4) is 0 Å². The van der Waals surface area contributed by atoms with Gasteiger partial charge in [0.1, 0.15) is 23.6 Å². The standard InChI is InChI=1S/C25H29N4O10P/c26-21-18(24(32)33)15-29(25(34)27-21)23-20(31)19(30)22(38-23)28-39-40(35,36-13-11-16-7-3-1-4-8-16)37-14-12-17-9-5-2-6-10-17/h1-10,15,19-20,22-23,28,30-31H,11-14H2,(H,32,33)(H2,26,27,34)/t19-,20+,22-,23+/m0/s1. The second-order valence-corrected chi connectivity index (χ2v) is 10.4. The van der Waals surface area contributed by atoms with E-state index in [2.05, 4.69) is 10.5 Å². The average molecular weight is 576 g/mol. The lowest BCUT2D eigenvalue weighted by atomic mass is 10.2. The Morgan fingerprint density at radius 3 is 2.08 bits per heavy atom. The normalized spacial score (nSPS) is 20.9. The van der Waals surface area contributed by atoms with E-state index in [1.807, 2.05) is 60.7 Å². The van der Waals surface area contributed by atoms with Crippen molar-refractivity contribution >= 4 is 19.6 Å². The fraction of sp³-hybridized carbons (Fsp3) is 0.320. The largest absolute Gasteiger partial charge is 0.491 e. The van der Waals surface area contributed by atoms with Crippen molar-refractivity contribution < 1.29 is 43.1 Å². The predicted octanol–water partition coefficient (Wildman–Crippen LogP) is 1.25. The van der Waals surface area contributed by atoms with Gasteiger partial charge in [0.05, 0.1) is 13.2 Å². The number of carboxylic acid groups (broad SMARTS) is 1. The number of hydroxylamine groups is 1. The predicted molar refractivity (Wildman–Crippen MR) is 140 cm³/mol. The fourth-order valence-corrected chi connectivity index (χ4v) is 4.90. The number of aliphatic hydroxyl groups is 2. The van der Waals surface area contributed by atoms with Crippen LogP contribution in [0.5, 0.6) is 0 Å². The third-order valence-corrected chi connectivity index (χ3v) is 7.30. The van der Waals surface area contributed by atoms with Crippen LogP contribution in [-0.2, 0) is 35.8 Å². The van der Waals surface area contributed by atoms with Gasteiger partial charge in [0.15, 0.2) is 12.5 Å². The van der Waals surface area contributed by atoms with Crippen LogP contribution >= 0.6 is 7.82 Å². The number of anilines is 1. The molecule has 0 aliphatic carbocycles. The van der Waals surface area contributed by atoms with E-state index in [4.69, 9.17) is 24.1 Å². The molecule has 0 spiro atoms. The molecule has 2 aromatic carbocycles. The Hall–Kier alpha value is -3.46. The van der Waals surface area contributed by atoms with Gasteiger partial charge in [-0.15, -0.1) is 0 Å². The number of rotatable bonds is 13. The minimum Gasteiger partial charge on any atom is -0.478 e. The maximum Gasteiger partial charge on any atom is 0.491 e. The Morgan fingerprint density at radius 2 is 1.55 bits per heavy atom. The number of nitrogens with two attached hydrogens (primary N) is 1. The molecule has 0 bridgehead atoms. The average Bonchev–Trinajstić information content (AvgIpc) is 3.21. The van der Waals surface area contributed by atoms with Crippen LogP contribution in [0.15, 0.2) is 71.7 Å². The molecule has 1 aliphatic rings. The molecule has 4 atom stereocenters. The third kappa shape index (κ3) is 7.38. The van der Waals surface area contributed by atoms with Crippen LogP contribution in [0.25, 0.3) is 0 Å². The first-order valence-corrected chi connectivity index (χ1v) is 13.7. The number of hydrogen-bond donors (Lipinski definition) is 5. The monoisotopic (exact) mass is 576 g/mol. The summed E-state index contributed by atoms with van der Waals surface area (Å²) in [4.78, 5) is 27.1. The topological polar surface area (TPSA) is 205 Å². The van der Waals surface area contributed by atoms with Gasteiger partial charge in [0.25, 0.3) is 0 Å². The lowest BCUT2D eigenvalue weighted by Gasteiger charge is -2.21. The highest BCUT2D eigenvalue weighted by Gasteiger charge is 2.46. The maximum absolute atomic E-state index is 13.4. The minimum absolute atomic E-state index is 0.0297. The number of aromatic nitrogens is 2. The zero-order valence-electron chi connectivity index (χ0n) is 21.1. The second-order valence-electron chi connectivity index (χ2n) is 8.76. The van der Waals surface area contributed by atoms with Crippen molar-refractivity contribution in [1.82, 2.24) is 15.0 Å². The van der Waals surface area contributed by atoms with Gasteiger partial charge in [0.2, 0.25) is 0 Å². The van der Waals surface area contributed by atoms with Crippen LogP contribution in [0, 0.1) is 0 Å². The van der Waals surface area contributed by atoms with Gasteiger partial charge in [0, 0.05) is 6.20 Å². The van der Waals surface area contributed by atoms with Crippen LogP contribution in [0.2, 0.25) is 0 Å². The molecule has 0 unspecified atom stereocenters. The molecule has 0 amide bonds. The number of carboxylic acids is 1. The number of ether oxygens (including phenoxy) is 1. The van der Waals surface area contributed by atoms with Crippen LogP contribution in [-0.4, -0.2) is 62.5 Å². The molecule has 15 heteroatoms. The van der Waals surface area contributed by atoms with Crippen LogP contribution in [0.1, 0.15) is 27.7 Å². The molecule has 4 rings (SSSR count). The molecule has 0 saturated carbocycles. The lowest BCUT2D eigenvalue weighted by molar-refractivity contribution is -0.0977. The number of aromatic carboxylic acids is 1. The Bertz CT molecular complexity index is 1340. The van der Waals surface area contributed by atoms with Gasteiger partial charge in [-0.1, -0.05) is 60.7 Å². The number of benzene rings is 2. The molecule has 2 heterocycles. The molecule has 0 radical (unpaired) electrons. The van der Waals surface area contributed by atoms with E-state index in [9.17, 15) is 29.5 Å². The van der Waals surface area contributed by atoms with Crippen molar-refractivity contribution in [3.63, 3.8) is 0 Å². The first-order chi connectivity index (χ1) is 19.2. The molecule has 1 aromatic heterocycles. The van der Waals surface area contributed by atoms with Gasteiger partial charge in [-0.3, -0.25) is 13.6 Å². The number of nitrogen functional groups attached to an aromatic ring is 1. The minimum atomic E-state index is -4.28. The molecule has 6 N–H and O–H groups in total. The number of phosphoric acid groups is 1. The first-order valence-electron chi connectivity index (χ1n) is 12.2. The summed E-state index contributed by atoms with van der Waals surface area (Å²) in [5.41, 5.74) is 8.04. The van der Waals surface area contributed by atoms with Crippen molar-refractivity contribution in [3.05, 3.63) is 94.0 Å². The molecule has 3 aromatic rings. The Kier molecular flexibility index (Phi) is 9.79. The Balaban J connectivity index is 1.43. The van der Waals surface area contributed by atoms with Gasteiger partial charge < -0.3 is 25.8 Å². The van der Waals surface area contributed by atoms with Crippen molar-refractivity contribution in [2.45, 2.75) is 37.5 Å². The third-order valence-electron chi connectivity index (χ3n) is 5.97. The summed E-state index contributed by atoms with van der Waals surface area (Å²) in [5.74, 6) is -1.99. The summed E-state index contributed by atoms with van der Waals surface area (Å²) in [6, 6.07) is 18.6. The summed E-state index contributed by atoms with van der Waals surface area (Å²) >= 11 is 0. The molecule has 1 saturated heterocycles. The number of nitrogens with zero attached hydrogens (tertiary/aromatic N) is 2. The van der Waals surface area contributed by atoms with Gasteiger partial charge in [-0.05, 0) is 24.0 Å². The number of nitrogens with one attached hydrogen (secondary N) is 1. The molecular formula is C25H29N4O10P. The number of phosphoric ester groups is 1. The maximum atomic E-state index is 13.4. The van der Waals surface area contributed by atoms with E-state index < -0.39 is 55.5 Å². The lowest BCUT2D eigenvalue weighted by Crippen LogP contribution is -2.40. The summed E-state index contributed by atoms with van der Waals surface area (Å²) in [7, 11) is -4.28. The van der Waals surface area contributed by atoms with E-state index >= 15 is 0 Å². The van der Waals surface area contributed by atoms with E-state index in [-0.39, 0.29) is 13.2 Å². The van der Waals surface area contributed by atoms with E-state index in [1.54, 1.807) is 0 Å². The molecular weight excluding hydrogens is 547 g/mol. The number of hydrogen-bond acceptors (Lipinski definition) is 12. The number of aliphatic hydroxyl groups excluding tert-OH is 2. The molecule has 1 fully saturated rings. The SMILES string of the molecule is Nc1nc(=O)n([C@@H]2O[C@H](NOP(=O)(OCCc3ccccc3)OCCc3ccccc3)[C@@H](O)[C@H]2O)cc1C(=O)O. The quantitative estimate of drug-likeness (QED) is 0.144. The van der Waals surface area contributed by atoms with Crippen molar-refractivity contribution in [2.75, 3.05) is 18.9 Å². The highest BCUT2D eigenvalue weighted by molar-refractivity contribution is 7.48. The van der Waals surface area contributed by atoms with Crippen LogP contribution in [0.4, 0.5) is 5.82 Å². The van der Waals surface area contributed by atoms with Crippen molar-refractivity contribution in [3.8, 4) is 0 Å². The van der Waals surface area contributed by atoms with Gasteiger partial charge in [-0.2, -0.15) is 15.1 Å². The molecule has 1 aliphatic heterocycles. The smallest absolute Gasteiger partial charge is 0.478 e. The van der Waals surface area contributed by atoms with E-state index in [0.717, 1.165) is 17.3 Å². The Labute approximate surface area is 228 Å². The highest BCUT2D eigenvalue weighted by Crippen LogP contribution is 2.49. The van der Waals surface area contributed by atoms with Gasteiger partial charge in [-0.25, -0.2) is 14.2 Å². The van der Waals surface area contributed by atoms with Crippen LogP contribution < -0.4 is 16.9 Å². The van der Waals surface area contributed by atoms with Crippen molar-refractivity contribution in [1.29, 1.82) is 0 Å². The van der Waals surface area contributed by atoms with Gasteiger partial charge >= 0.3 is 19.5 Å². The van der Waals surface area contributed by atoms with Crippen molar-refractivity contribution in [2.24, 2.45) is 0 Å². The summed E-state index contributed by atoms with van der Waals surface area (Å²) < 4.78 is 35.8. The van der Waals surface area contributed by atoms with E-state index in [0.29, 0.717) is 17.4 Å².